The van der Waals surface area contributed by atoms with Crippen LogP contribution in [0.4, 0.5) is 0 Å². The fraction of sp³-hybridized carbons (Fsp3) is 0.421. The van der Waals surface area contributed by atoms with E-state index in [0.29, 0.717) is 6.04 Å². The van der Waals surface area contributed by atoms with E-state index >= 15 is 0 Å². The molecule has 25 heavy (non-hydrogen) atoms. The molecular weight excluding hydrogens is 356 g/mol. The zero-order valence-electron chi connectivity index (χ0n) is 14.3. The number of carboxylic acids is 1. The van der Waals surface area contributed by atoms with Gasteiger partial charge in [-0.1, -0.05) is 23.7 Å². The second-order valence-electron chi connectivity index (χ2n) is 6.59. The van der Waals surface area contributed by atoms with Crippen LogP contribution in [0, 0.1) is 0 Å². The maximum atomic E-state index is 10.8. The maximum absolute atomic E-state index is 10.8. The quantitative estimate of drug-likeness (QED) is 0.823. The molecule has 1 aliphatic heterocycles. The summed E-state index contributed by atoms with van der Waals surface area (Å²) in [5.74, 6) is -0.752. The van der Waals surface area contributed by atoms with Crippen LogP contribution in [0.25, 0.3) is 10.4 Å². The summed E-state index contributed by atoms with van der Waals surface area (Å²) in [4.78, 5) is 17.9. The number of likely N-dealkylation sites (N-methyl/N-ethyl adjacent to an activating group) is 1. The molecular formula is C19H23ClN2O2S. The van der Waals surface area contributed by atoms with Gasteiger partial charge >= 0.3 is 5.97 Å². The summed E-state index contributed by atoms with van der Waals surface area (Å²) in [6, 6.07) is 12.7. The molecule has 1 saturated heterocycles. The highest BCUT2D eigenvalue weighted by Crippen LogP contribution is 2.30. The SMILES string of the molecule is CN(CC(=O)O)C1CCN(Cc2ccc(-c3ccc(Cl)cc3)s2)CC1. The lowest BCUT2D eigenvalue weighted by Crippen LogP contribution is -2.44. The first kappa shape index (κ1) is 18.4. The van der Waals surface area contributed by atoms with E-state index in [1.165, 1.54) is 15.3 Å². The van der Waals surface area contributed by atoms with Crippen molar-refractivity contribution >= 4 is 28.9 Å². The normalized spacial score (nSPS) is 16.4. The molecule has 2 aromatic rings. The highest BCUT2D eigenvalue weighted by Gasteiger charge is 2.23. The summed E-state index contributed by atoms with van der Waals surface area (Å²) >= 11 is 7.78. The minimum absolute atomic E-state index is 0.125. The molecule has 1 fully saturated rings. The van der Waals surface area contributed by atoms with Gasteiger partial charge in [0.15, 0.2) is 0 Å². The van der Waals surface area contributed by atoms with Crippen LogP contribution < -0.4 is 0 Å². The summed E-state index contributed by atoms with van der Waals surface area (Å²) in [5, 5.41) is 9.68. The van der Waals surface area contributed by atoms with E-state index in [1.807, 2.05) is 35.4 Å². The Morgan fingerprint density at radius 3 is 2.56 bits per heavy atom. The first-order valence-electron chi connectivity index (χ1n) is 8.50. The number of rotatable bonds is 6. The third kappa shape index (κ3) is 5.05. The fourth-order valence-electron chi connectivity index (χ4n) is 3.31. The Balaban J connectivity index is 1.53. The summed E-state index contributed by atoms with van der Waals surface area (Å²) in [6.45, 7) is 3.12. The van der Waals surface area contributed by atoms with Gasteiger partial charge in [0.1, 0.15) is 0 Å². The number of carbonyl (C=O) groups is 1. The Morgan fingerprint density at radius 1 is 1.24 bits per heavy atom. The molecule has 0 atom stereocenters. The molecule has 0 saturated carbocycles. The highest BCUT2D eigenvalue weighted by atomic mass is 35.5. The van der Waals surface area contributed by atoms with Crippen LogP contribution in [0.2, 0.25) is 5.02 Å². The van der Waals surface area contributed by atoms with Gasteiger partial charge < -0.3 is 5.11 Å². The predicted octanol–water partition coefficient (Wildman–Crippen LogP) is 4.05. The van der Waals surface area contributed by atoms with Crippen molar-refractivity contribution in [3.8, 4) is 10.4 Å². The maximum Gasteiger partial charge on any atom is 0.317 e. The minimum Gasteiger partial charge on any atom is -0.480 e. The van der Waals surface area contributed by atoms with Crippen LogP contribution in [-0.2, 0) is 11.3 Å². The molecule has 134 valence electrons. The van der Waals surface area contributed by atoms with E-state index in [0.717, 1.165) is 37.5 Å². The van der Waals surface area contributed by atoms with Gasteiger partial charge in [-0.05, 0) is 49.7 Å². The van der Waals surface area contributed by atoms with Crippen LogP contribution in [0.5, 0.6) is 0 Å². The third-order valence-electron chi connectivity index (χ3n) is 4.73. The molecule has 6 heteroatoms. The molecule has 1 N–H and O–H groups in total. The monoisotopic (exact) mass is 378 g/mol. The van der Waals surface area contributed by atoms with Gasteiger partial charge in [0, 0.05) is 40.5 Å². The summed E-state index contributed by atoms with van der Waals surface area (Å²) in [6.07, 6.45) is 2.05. The van der Waals surface area contributed by atoms with Crippen molar-refractivity contribution in [2.45, 2.75) is 25.4 Å². The van der Waals surface area contributed by atoms with E-state index in [-0.39, 0.29) is 6.54 Å². The molecule has 0 spiro atoms. The van der Waals surface area contributed by atoms with E-state index in [2.05, 4.69) is 29.2 Å². The minimum atomic E-state index is -0.752. The number of hydrogen-bond acceptors (Lipinski definition) is 4. The number of carboxylic acid groups (broad SMARTS) is 1. The number of aliphatic carboxylic acids is 1. The van der Waals surface area contributed by atoms with E-state index in [9.17, 15) is 4.79 Å². The van der Waals surface area contributed by atoms with Crippen LogP contribution >= 0.6 is 22.9 Å². The van der Waals surface area contributed by atoms with Crippen molar-refractivity contribution in [1.82, 2.24) is 9.80 Å². The van der Waals surface area contributed by atoms with Gasteiger partial charge in [-0.3, -0.25) is 14.6 Å². The molecule has 1 aromatic carbocycles. The molecule has 0 radical (unpaired) electrons. The Hall–Kier alpha value is -1.40. The smallest absolute Gasteiger partial charge is 0.317 e. The van der Waals surface area contributed by atoms with Gasteiger partial charge in [-0.15, -0.1) is 11.3 Å². The Kier molecular flexibility index (Phi) is 6.12. The molecule has 2 heterocycles. The van der Waals surface area contributed by atoms with E-state index in [4.69, 9.17) is 16.7 Å². The van der Waals surface area contributed by atoms with Crippen molar-refractivity contribution in [3.63, 3.8) is 0 Å². The third-order valence-corrected chi connectivity index (χ3v) is 6.11. The van der Waals surface area contributed by atoms with Crippen LogP contribution in [0.3, 0.4) is 0 Å². The van der Waals surface area contributed by atoms with Gasteiger partial charge in [0.05, 0.1) is 6.54 Å². The largest absolute Gasteiger partial charge is 0.480 e. The number of piperidine rings is 1. The highest BCUT2D eigenvalue weighted by molar-refractivity contribution is 7.15. The van der Waals surface area contributed by atoms with Crippen molar-refractivity contribution in [2.75, 3.05) is 26.7 Å². The number of likely N-dealkylation sites (tertiary alicyclic amines) is 1. The zero-order chi connectivity index (χ0) is 17.8. The molecule has 1 aromatic heterocycles. The second-order valence-corrected chi connectivity index (χ2v) is 8.19. The van der Waals surface area contributed by atoms with E-state index in [1.54, 1.807) is 0 Å². The van der Waals surface area contributed by atoms with E-state index < -0.39 is 5.97 Å². The predicted molar refractivity (Wildman–Crippen MR) is 103 cm³/mol. The fourth-order valence-corrected chi connectivity index (χ4v) is 4.49. The lowest BCUT2D eigenvalue weighted by molar-refractivity contribution is -0.138. The molecule has 0 amide bonds. The zero-order valence-corrected chi connectivity index (χ0v) is 15.9. The number of benzene rings is 1. The van der Waals surface area contributed by atoms with Crippen molar-refractivity contribution in [1.29, 1.82) is 0 Å². The molecule has 0 aliphatic carbocycles. The summed E-state index contributed by atoms with van der Waals surface area (Å²) < 4.78 is 0. The van der Waals surface area contributed by atoms with Crippen LogP contribution in [0.1, 0.15) is 17.7 Å². The topological polar surface area (TPSA) is 43.8 Å². The van der Waals surface area contributed by atoms with Gasteiger partial charge in [0.2, 0.25) is 0 Å². The lowest BCUT2D eigenvalue weighted by Gasteiger charge is -2.35. The number of nitrogens with zero attached hydrogens (tertiary/aromatic N) is 2. The first-order valence-corrected chi connectivity index (χ1v) is 9.70. The molecule has 1 aliphatic rings. The number of thiophene rings is 1. The molecule has 3 rings (SSSR count). The molecule has 4 nitrogen and oxygen atoms in total. The second kappa shape index (κ2) is 8.32. The molecule has 0 unspecified atom stereocenters. The van der Waals surface area contributed by atoms with Crippen LogP contribution in [0.15, 0.2) is 36.4 Å². The van der Waals surface area contributed by atoms with Crippen molar-refractivity contribution in [3.05, 3.63) is 46.3 Å². The summed E-state index contributed by atoms with van der Waals surface area (Å²) in [7, 11) is 1.91. The Labute approximate surface area is 157 Å². The average Bonchev–Trinajstić information content (AvgIpc) is 3.04. The standard InChI is InChI=1S/C19H23ClN2O2S/c1-21(13-19(23)24)16-8-10-22(11-9-16)12-17-6-7-18(25-17)14-2-4-15(20)5-3-14/h2-7,16H,8-13H2,1H3,(H,23,24). The van der Waals surface area contributed by atoms with Gasteiger partial charge in [-0.25, -0.2) is 0 Å². The van der Waals surface area contributed by atoms with Gasteiger partial charge in [0.25, 0.3) is 0 Å². The Morgan fingerprint density at radius 2 is 1.92 bits per heavy atom. The van der Waals surface area contributed by atoms with Gasteiger partial charge in [-0.2, -0.15) is 0 Å². The number of halogens is 1. The van der Waals surface area contributed by atoms with Crippen molar-refractivity contribution < 1.29 is 9.90 Å². The Bertz CT molecular complexity index is 708. The first-order chi connectivity index (χ1) is 12.0. The van der Waals surface area contributed by atoms with Crippen molar-refractivity contribution in [2.24, 2.45) is 0 Å². The van der Waals surface area contributed by atoms with Crippen LogP contribution in [-0.4, -0.2) is 53.6 Å². The average molecular weight is 379 g/mol. The lowest BCUT2D eigenvalue weighted by atomic mass is 10.0. The summed E-state index contributed by atoms with van der Waals surface area (Å²) in [5.41, 5.74) is 1.20. The number of hydrogen-bond donors (Lipinski definition) is 1. The molecule has 0 bridgehead atoms.